The lowest BCUT2D eigenvalue weighted by Gasteiger charge is -2.14. The van der Waals surface area contributed by atoms with Crippen LogP contribution in [0.5, 0.6) is 0 Å². The van der Waals surface area contributed by atoms with Crippen LogP contribution in [0.4, 0.5) is 14.5 Å². The zero-order chi connectivity index (χ0) is 24.7. The van der Waals surface area contributed by atoms with Crippen molar-refractivity contribution in [2.24, 2.45) is 0 Å². The fourth-order valence-electron chi connectivity index (χ4n) is 4.25. The number of halogens is 2. The molecule has 5 rings (SSSR count). The summed E-state index contributed by atoms with van der Waals surface area (Å²) in [4.78, 5) is 25.9. The maximum absolute atomic E-state index is 14.2. The quantitative estimate of drug-likeness (QED) is 0.396. The summed E-state index contributed by atoms with van der Waals surface area (Å²) in [6.07, 6.45) is 1.65. The molecule has 35 heavy (non-hydrogen) atoms. The molecule has 2 aliphatic rings. The van der Waals surface area contributed by atoms with Crippen LogP contribution in [0.2, 0.25) is 0 Å². The Hall–Kier alpha value is -4.33. The molecule has 2 heterocycles. The lowest BCUT2D eigenvalue weighted by Crippen LogP contribution is -2.26. The molecule has 8 heteroatoms. The van der Waals surface area contributed by atoms with Crippen molar-refractivity contribution >= 4 is 22.5 Å². The predicted octanol–water partition coefficient (Wildman–Crippen LogP) is 4.88. The number of aryl methyl sites for hydroxylation is 2. The molecule has 0 aromatic heterocycles. The Kier molecular flexibility index (Phi) is 5.64. The standard InChI is InChI=1S/C27H22F2N4O2/c1-16-3-9-23(17(2)11-16)30-25(34)15-33-27(35)22-14-32(13-18-4-6-19(28)7-5-18)24-10-8-20(29)12-21(24)26(22)31-33/h3-12,14H,13,15H2,1-2H3,(H,30,34). The van der Waals surface area contributed by atoms with Crippen molar-refractivity contribution in [3.63, 3.8) is 0 Å². The van der Waals surface area contributed by atoms with E-state index in [1.807, 2.05) is 32.0 Å². The van der Waals surface area contributed by atoms with E-state index >= 15 is 0 Å². The first kappa shape index (κ1) is 22.5. The summed E-state index contributed by atoms with van der Waals surface area (Å²) in [7, 11) is 0. The van der Waals surface area contributed by atoms with Gasteiger partial charge in [-0.15, -0.1) is 0 Å². The Morgan fingerprint density at radius 2 is 1.71 bits per heavy atom. The number of aromatic nitrogens is 3. The number of carbonyl (C=O) groups excluding carboxylic acids is 1. The average Bonchev–Trinajstić information content (AvgIpc) is 3.12. The molecular formula is C27H22F2N4O2. The average molecular weight is 472 g/mol. The van der Waals surface area contributed by atoms with Gasteiger partial charge in [0.05, 0.1) is 11.1 Å². The third-order valence-electron chi connectivity index (χ3n) is 5.96. The first-order valence-electron chi connectivity index (χ1n) is 11.1. The summed E-state index contributed by atoms with van der Waals surface area (Å²) in [5.74, 6) is -1.20. The first-order valence-corrected chi connectivity index (χ1v) is 11.1. The maximum Gasteiger partial charge on any atom is 0.278 e. The van der Waals surface area contributed by atoms with Crippen LogP contribution in [-0.4, -0.2) is 20.3 Å². The molecule has 0 aliphatic carbocycles. The van der Waals surface area contributed by atoms with Crippen LogP contribution in [0.15, 0.2) is 71.7 Å². The Balaban J connectivity index is 1.54. The van der Waals surface area contributed by atoms with Gasteiger partial charge < -0.3 is 9.88 Å². The lowest BCUT2D eigenvalue weighted by atomic mass is 10.1. The van der Waals surface area contributed by atoms with Crippen LogP contribution >= 0.6 is 0 Å². The van der Waals surface area contributed by atoms with Gasteiger partial charge in [-0.3, -0.25) is 9.59 Å². The lowest BCUT2D eigenvalue weighted by molar-refractivity contribution is -0.116. The molecule has 0 fully saturated rings. The van der Waals surface area contributed by atoms with Gasteiger partial charge in [-0.1, -0.05) is 29.8 Å². The molecule has 0 atom stereocenters. The number of amides is 1. The van der Waals surface area contributed by atoms with Crippen molar-refractivity contribution in [2.75, 3.05) is 5.32 Å². The van der Waals surface area contributed by atoms with Gasteiger partial charge in [0.25, 0.3) is 5.56 Å². The molecular weight excluding hydrogens is 450 g/mol. The van der Waals surface area contributed by atoms with Gasteiger partial charge in [0.1, 0.15) is 23.9 Å². The minimum atomic E-state index is -0.465. The van der Waals surface area contributed by atoms with Crippen molar-refractivity contribution in [2.45, 2.75) is 26.9 Å². The highest BCUT2D eigenvalue weighted by Gasteiger charge is 2.22. The summed E-state index contributed by atoms with van der Waals surface area (Å²) < 4.78 is 30.4. The molecule has 0 unspecified atom stereocenters. The van der Waals surface area contributed by atoms with E-state index in [1.54, 1.807) is 29.0 Å². The Morgan fingerprint density at radius 3 is 2.46 bits per heavy atom. The normalized spacial score (nSPS) is 11.3. The van der Waals surface area contributed by atoms with Crippen LogP contribution < -0.4 is 10.9 Å². The number of anilines is 1. The highest BCUT2D eigenvalue weighted by atomic mass is 19.1. The first-order chi connectivity index (χ1) is 16.8. The van der Waals surface area contributed by atoms with Gasteiger partial charge in [-0.05, 0) is 61.4 Å². The van der Waals surface area contributed by atoms with Gasteiger partial charge in [-0.2, -0.15) is 5.10 Å². The number of hydrogen-bond acceptors (Lipinski definition) is 3. The molecule has 0 spiro atoms. The number of benzene rings is 3. The van der Waals surface area contributed by atoms with Gasteiger partial charge >= 0.3 is 0 Å². The van der Waals surface area contributed by atoms with Crippen molar-refractivity contribution in [3.05, 3.63) is 106 Å². The third kappa shape index (κ3) is 4.42. The number of nitrogens with zero attached hydrogens (tertiary/aromatic N) is 3. The number of rotatable bonds is 5. The molecule has 3 aromatic rings. The van der Waals surface area contributed by atoms with Crippen LogP contribution in [-0.2, 0) is 17.9 Å². The van der Waals surface area contributed by atoms with Crippen molar-refractivity contribution in [3.8, 4) is 11.3 Å². The summed E-state index contributed by atoms with van der Waals surface area (Å²) in [5.41, 5.74) is 4.26. The summed E-state index contributed by atoms with van der Waals surface area (Å²) in [6.45, 7) is 3.92. The number of fused-ring (bicyclic) bond motifs is 3. The molecule has 1 N–H and O–H groups in total. The number of hydrogen-bond donors (Lipinski definition) is 1. The molecule has 2 aliphatic heterocycles. The zero-order valence-electron chi connectivity index (χ0n) is 19.2. The SMILES string of the molecule is Cc1ccc(NC(=O)Cn2nc3c4cc(F)ccc4n(Cc4ccc(F)cc4)cc-3c2=O)c(C)c1. The second kappa shape index (κ2) is 8.79. The molecule has 3 aromatic carbocycles. The van der Waals surface area contributed by atoms with Crippen LogP contribution in [0.3, 0.4) is 0 Å². The van der Waals surface area contributed by atoms with E-state index in [0.29, 0.717) is 28.8 Å². The summed E-state index contributed by atoms with van der Waals surface area (Å²) in [5, 5.41) is 7.64. The monoisotopic (exact) mass is 472 g/mol. The van der Waals surface area contributed by atoms with E-state index < -0.39 is 17.3 Å². The second-order valence-corrected chi connectivity index (χ2v) is 8.64. The molecule has 0 bridgehead atoms. The summed E-state index contributed by atoms with van der Waals surface area (Å²) in [6, 6.07) is 16.0. The maximum atomic E-state index is 14.2. The Morgan fingerprint density at radius 1 is 0.971 bits per heavy atom. The topological polar surface area (TPSA) is 68.9 Å². The minimum absolute atomic E-state index is 0.268. The minimum Gasteiger partial charge on any atom is -0.342 e. The van der Waals surface area contributed by atoms with Crippen molar-refractivity contribution in [1.29, 1.82) is 0 Å². The molecule has 0 saturated carbocycles. The van der Waals surface area contributed by atoms with Gasteiger partial charge in [0, 0.05) is 23.8 Å². The summed E-state index contributed by atoms with van der Waals surface area (Å²) >= 11 is 0. The number of nitrogens with one attached hydrogen (secondary N) is 1. The Labute approximate surface area is 199 Å². The van der Waals surface area contributed by atoms with E-state index in [-0.39, 0.29) is 17.9 Å². The second-order valence-electron chi connectivity index (χ2n) is 8.64. The van der Waals surface area contributed by atoms with E-state index in [4.69, 9.17) is 0 Å². The van der Waals surface area contributed by atoms with Crippen LogP contribution in [0.1, 0.15) is 16.7 Å². The van der Waals surface area contributed by atoms with Crippen LogP contribution in [0, 0.1) is 25.5 Å². The zero-order valence-corrected chi connectivity index (χ0v) is 19.2. The molecule has 1 amide bonds. The van der Waals surface area contributed by atoms with Crippen molar-refractivity contribution in [1.82, 2.24) is 14.3 Å². The molecule has 176 valence electrons. The molecule has 0 radical (unpaired) electrons. The highest BCUT2D eigenvalue weighted by molar-refractivity contribution is 5.94. The highest BCUT2D eigenvalue weighted by Crippen LogP contribution is 2.29. The van der Waals surface area contributed by atoms with E-state index in [9.17, 15) is 18.4 Å². The third-order valence-corrected chi connectivity index (χ3v) is 5.96. The smallest absolute Gasteiger partial charge is 0.278 e. The fourth-order valence-corrected chi connectivity index (χ4v) is 4.25. The predicted molar refractivity (Wildman–Crippen MR) is 131 cm³/mol. The molecule has 6 nitrogen and oxygen atoms in total. The number of carbonyl (C=O) groups is 1. The van der Waals surface area contributed by atoms with Gasteiger partial charge in [0.2, 0.25) is 5.91 Å². The van der Waals surface area contributed by atoms with Crippen LogP contribution in [0.25, 0.3) is 22.2 Å². The Bertz CT molecular complexity index is 1600. The van der Waals surface area contributed by atoms with Gasteiger partial charge in [0.15, 0.2) is 0 Å². The van der Waals surface area contributed by atoms with E-state index in [1.165, 1.54) is 24.3 Å². The van der Waals surface area contributed by atoms with Crippen molar-refractivity contribution < 1.29 is 13.6 Å². The molecule has 0 saturated heterocycles. The fraction of sp³-hybridized carbons (Fsp3) is 0.148. The van der Waals surface area contributed by atoms with E-state index in [2.05, 4.69) is 10.4 Å². The number of pyridine rings is 1. The largest absolute Gasteiger partial charge is 0.342 e. The van der Waals surface area contributed by atoms with E-state index in [0.717, 1.165) is 21.4 Å². The van der Waals surface area contributed by atoms with Gasteiger partial charge in [-0.25, -0.2) is 13.5 Å².